The van der Waals surface area contributed by atoms with Crippen molar-refractivity contribution in [2.45, 2.75) is 6.43 Å². The summed E-state index contributed by atoms with van der Waals surface area (Å²) in [6.07, 6.45) is -1.22. The Morgan fingerprint density at radius 2 is 2.00 bits per heavy atom. The minimum Gasteiger partial charge on any atom is -0.275 e. The van der Waals surface area contributed by atoms with E-state index in [-0.39, 0.29) is 11.3 Å². The molecule has 2 rings (SSSR count). The van der Waals surface area contributed by atoms with E-state index >= 15 is 0 Å². The predicted octanol–water partition coefficient (Wildman–Crippen LogP) is 2.52. The first kappa shape index (κ1) is 11.3. The first-order chi connectivity index (χ1) is 7.49. The normalized spacial score (nSPS) is 11.4. The molecule has 2 aromatic heterocycles. The Balaban J connectivity index is 2.59. The summed E-state index contributed by atoms with van der Waals surface area (Å²) in [5.74, 6) is 0. The maximum atomic E-state index is 12.8. The molecule has 2 heterocycles. The summed E-state index contributed by atoms with van der Waals surface area (Å²) in [6.45, 7) is 0. The Morgan fingerprint density at radius 3 is 2.50 bits per heavy atom. The molecular formula is C9H9BrF2N4. The second-order valence-corrected chi connectivity index (χ2v) is 4.20. The van der Waals surface area contributed by atoms with Gasteiger partial charge in [-0.15, -0.1) is 0 Å². The molecule has 0 amide bonds. The summed E-state index contributed by atoms with van der Waals surface area (Å²) < 4.78 is 29.0. The highest BCUT2D eigenvalue weighted by molar-refractivity contribution is 9.10. The van der Waals surface area contributed by atoms with Gasteiger partial charge in [0.2, 0.25) is 0 Å². The number of aromatic nitrogens is 4. The Morgan fingerprint density at radius 1 is 1.31 bits per heavy atom. The fraction of sp³-hybridized carbons (Fsp3) is 0.333. The van der Waals surface area contributed by atoms with Gasteiger partial charge in [0.25, 0.3) is 6.43 Å². The lowest BCUT2D eigenvalue weighted by Gasteiger charge is -2.00. The van der Waals surface area contributed by atoms with Crippen LogP contribution in [0.4, 0.5) is 8.78 Å². The molecule has 0 aromatic carbocycles. The molecule has 0 bridgehead atoms. The highest BCUT2D eigenvalue weighted by Crippen LogP contribution is 2.30. The summed E-state index contributed by atoms with van der Waals surface area (Å²) in [4.78, 5) is 0. The zero-order valence-electron chi connectivity index (χ0n) is 8.65. The highest BCUT2D eigenvalue weighted by atomic mass is 79.9. The van der Waals surface area contributed by atoms with Crippen LogP contribution in [0.5, 0.6) is 0 Å². The Bertz CT molecular complexity index is 518. The standard InChI is InChI=1S/C9H9BrF2N4/c1-15-4-5(9(11)12)8(14-15)6-3-7(10)13-16(6)2/h3-4,9H,1-2H3. The van der Waals surface area contributed by atoms with Gasteiger partial charge in [0.15, 0.2) is 0 Å². The average Bonchev–Trinajstić information content (AvgIpc) is 2.69. The van der Waals surface area contributed by atoms with Gasteiger partial charge in [-0.05, 0) is 15.9 Å². The van der Waals surface area contributed by atoms with Crippen molar-refractivity contribution in [1.29, 1.82) is 0 Å². The lowest BCUT2D eigenvalue weighted by molar-refractivity contribution is 0.152. The van der Waals surface area contributed by atoms with E-state index in [1.165, 1.54) is 15.6 Å². The Kier molecular flexibility index (Phi) is 2.79. The number of halogens is 3. The number of nitrogens with zero attached hydrogens (tertiary/aromatic N) is 4. The van der Waals surface area contributed by atoms with Crippen molar-refractivity contribution >= 4 is 15.9 Å². The van der Waals surface area contributed by atoms with E-state index in [1.54, 1.807) is 20.2 Å². The van der Waals surface area contributed by atoms with Gasteiger partial charge in [0.05, 0.1) is 11.3 Å². The van der Waals surface area contributed by atoms with Gasteiger partial charge in [-0.3, -0.25) is 9.36 Å². The van der Waals surface area contributed by atoms with Gasteiger partial charge in [-0.1, -0.05) is 0 Å². The molecule has 0 aliphatic carbocycles. The Labute approximate surface area is 99.0 Å². The zero-order chi connectivity index (χ0) is 11.9. The van der Waals surface area contributed by atoms with Crippen LogP contribution in [-0.2, 0) is 14.1 Å². The van der Waals surface area contributed by atoms with Crippen LogP contribution >= 0.6 is 15.9 Å². The smallest absolute Gasteiger partial charge is 0.267 e. The molecule has 0 fully saturated rings. The van der Waals surface area contributed by atoms with E-state index < -0.39 is 6.43 Å². The van der Waals surface area contributed by atoms with E-state index in [0.29, 0.717) is 10.3 Å². The van der Waals surface area contributed by atoms with E-state index in [1.807, 2.05) is 0 Å². The lowest BCUT2D eigenvalue weighted by Crippen LogP contribution is -1.97. The summed E-state index contributed by atoms with van der Waals surface area (Å²) in [6, 6.07) is 1.66. The van der Waals surface area contributed by atoms with Gasteiger partial charge in [-0.25, -0.2) is 8.78 Å². The van der Waals surface area contributed by atoms with Gasteiger partial charge in [0, 0.05) is 26.4 Å². The molecule has 0 radical (unpaired) electrons. The molecule has 0 unspecified atom stereocenters. The zero-order valence-corrected chi connectivity index (χ0v) is 10.2. The third kappa shape index (κ3) is 1.87. The fourth-order valence-electron chi connectivity index (χ4n) is 1.52. The summed E-state index contributed by atoms with van der Waals surface area (Å²) >= 11 is 3.19. The number of rotatable bonds is 2. The maximum Gasteiger partial charge on any atom is 0.267 e. The van der Waals surface area contributed by atoms with Crippen LogP contribution in [0.25, 0.3) is 11.4 Å². The van der Waals surface area contributed by atoms with Crippen molar-refractivity contribution in [2.24, 2.45) is 14.1 Å². The molecule has 0 saturated heterocycles. The molecular weight excluding hydrogens is 282 g/mol. The minimum absolute atomic E-state index is 0.0852. The first-order valence-corrected chi connectivity index (χ1v) is 5.30. The van der Waals surface area contributed by atoms with Gasteiger partial charge in [-0.2, -0.15) is 10.2 Å². The minimum atomic E-state index is -2.54. The van der Waals surface area contributed by atoms with Crippen LogP contribution in [0, 0.1) is 0 Å². The molecule has 7 heteroatoms. The van der Waals surface area contributed by atoms with Crippen LogP contribution in [0.3, 0.4) is 0 Å². The average molecular weight is 291 g/mol. The molecule has 0 atom stereocenters. The summed E-state index contributed by atoms with van der Waals surface area (Å²) in [5, 5.41) is 8.07. The van der Waals surface area contributed by atoms with Crippen molar-refractivity contribution in [3.05, 3.63) is 22.4 Å². The van der Waals surface area contributed by atoms with Crippen molar-refractivity contribution in [3.8, 4) is 11.4 Å². The molecule has 2 aromatic rings. The fourth-order valence-corrected chi connectivity index (χ4v) is 1.97. The van der Waals surface area contributed by atoms with Gasteiger partial charge in [0.1, 0.15) is 10.3 Å². The van der Waals surface area contributed by atoms with Crippen LogP contribution < -0.4 is 0 Å². The molecule has 0 aliphatic rings. The Hall–Kier alpha value is -1.24. The molecule has 4 nitrogen and oxygen atoms in total. The van der Waals surface area contributed by atoms with E-state index in [4.69, 9.17) is 0 Å². The van der Waals surface area contributed by atoms with Gasteiger partial charge >= 0.3 is 0 Å². The van der Waals surface area contributed by atoms with Crippen molar-refractivity contribution in [1.82, 2.24) is 19.6 Å². The molecule has 0 aliphatic heterocycles. The number of hydrogen-bond donors (Lipinski definition) is 0. The molecule has 0 spiro atoms. The topological polar surface area (TPSA) is 35.6 Å². The first-order valence-electron chi connectivity index (χ1n) is 4.50. The molecule has 86 valence electrons. The second kappa shape index (κ2) is 3.97. The molecule has 16 heavy (non-hydrogen) atoms. The quantitative estimate of drug-likeness (QED) is 0.852. The summed E-state index contributed by atoms with van der Waals surface area (Å²) in [7, 11) is 3.30. The van der Waals surface area contributed by atoms with Crippen molar-refractivity contribution < 1.29 is 8.78 Å². The SMILES string of the molecule is Cn1cc(C(F)F)c(-c2cc(Br)nn2C)n1. The van der Waals surface area contributed by atoms with E-state index in [0.717, 1.165) is 0 Å². The monoisotopic (exact) mass is 290 g/mol. The second-order valence-electron chi connectivity index (χ2n) is 3.38. The predicted molar refractivity (Wildman–Crippen MR) is 58.1 cm³/mol. The number of alkyl halides is 2. The number of aryl methyl sites for hydroxylation is 2. The van der Waals surface area contributed by atoms with E-state index in [2.05, 4.69) is 26.1 Å². The largest absolute Gasteiger partial charge is 0.275 e. The van der Waals surface area contributed by atoms with Crippen LogP contribution in [0.15, 0.2) is 16.9 Å². The molecule has 0 saturated carbocycles. The lowest BCUT2D eigenvalue weighted by atomic mass is 10.2. The summed E-state index contributed by atoms with van der Waals surface area (Å²) in [5.41, 5.74) is 0.735. The van der Waals surface area contributed by atoms with Crippen LogP contribution in [0.1, 0.15) is 12.0 Å². The van der Waals surface area contributed by atoms with Crippen LogP contribution in [0.2, 0.25) is 0 Å². The number of hydrogen-bond acceptors (Lipinski definition) is 2. The highest BCUT2D eigenvalue weighted by Gasteiger charge is 2.20. The van der Waals surface area contributed by atoms with Crippen molar-refractivity contribution in [2.75, 3.05) is 0 Å². The van der Waals surface area contributed by atoms with Crippen molar-refractivity contribution in [3.63, 3.8) is 0 Å². The maximum absolute atomic E-state index is 12.8. The molecule has 0 N–H and O–H groups in total. The van der Waals surface area contributed by atoms with Gasteiger partial charge < -0.3 is 0 Å². The third-order valence-corrected chi connectivity index (χ3v) is 2.57. The van der Waals surface area contributed by atoms with E-state index in [9.17, 15) is 8.78 Å². The third-order valence-electron chi connectivity index (χ3n) is 2.18. The van der Waals surface area contributed by atoms with Crippen LogP contribution in [-0.4, -0.2) is 19.6 Å².